The standard InChI is InChI=1S/C25H30ClFN4O/c1-5-12-30(22(14-18-6-7-18)19-8-10-20(27)11-9-19)25-28-17(3)31(29-25)23-13-16(2)24(32-4)15-21(23)26/h8-11,13,15,18,22H,5-7,12,14H2,1-4H3. The summed E-state index contributed by atoms with van der Waals surface area (Å²) in [5, 5.41) is 5.44. The summed E-state index contributed by atoms with van der Waals surface area (Å²) in [5.41, 5.74) is 2.85. The minimum Gasteiger partial charge on any atom is -0.496 e. The maximum absolute atomic E-state index is 13.6. The SMILES string of the molecule is CCCN(c1nc(C)n(-c2cc(C)c(OC)cc2Cl)n1)C(CC1CC1)c1ccc(F)cc1. The van der Waals surface area contributed by atoms with Gasteiger partial charge in [-0.05, 0) is 61.9 Å². The highest BCUT2D eigenvalue weighted by atomic mass is 35.5. The fraction of sp³-hybridized carbons (Fsp3) is 0.440. The Labute approximate surface area is 194 Å². The molecule has 3 aromatic rings. The van der Waals surface area contributed by atoms with E-state index in [0.717, 1.165) is 47.8 Å². The van der Waals surface area contributed by atoms with Gasteiger partial charge in [0.1, 0.15) is 17.4 Å². The molecule has 1 atom stereocenters. The van der Waals surface area contributed by atoms with Crippen molar-refractivity contribution in [1.29, 1.82) is 0 Å². The van der Waals surface area contributed by atoms with Gasteiger partial charge >= 0.3 is 0 Å². The monoisotopic (exact) mass is 456 g/mol. The number of aryl methyl sites for hydroxylation is 2. The fourth-order valence-corrected chi connectivity index (χ4v) is 4.42. The molecule has 0 radical (unpaired) electrons. The molecule has 1 heterocycles. The number of anilines is 1. The van der Waals surface area contributed by atoms with E-state index in [9.17, 15) is 4.39 Å². The minimum atomic E-state index is -0.219. The predicted octanol–water partition coefficient (Wildman–Crippen LogP) is 6.44. The van der Waals surface area contributed by atoms with E-state index in [-0.39, 0.29) is 11.9 Å². The third-order valence-corrected chi connectivity index (χ3v) is 6.36. The molecular weight excluding hydrogens is 427 g/mol. The molecule has 0 saturated heterocycles. The van der Waals surface area contributed by atoms with Gasteiger partial charge in [0, 0.05) is 12.6 Å². The van der Waals surface area contributed by atoms with E-state index in [1.54, 1.807) is 11.8 Å². The number of nitrogens with zero attached hydrogens (tertiary/aromatic N) is 4. The van der Waals surface area contributed by atoms with Crippen LogP contribution in [0.25, 0.3) is 5.69 Å². The summed E-state index contributed by atoms with van der Waals surface area (Å²) >= 11 is 6.57. The molecule has 0 N–H and O–H groups in total. The third kappa shape index (κ3) is 4.75. The van der Waals surface area contributed by atoms with Crippen molar-refractivity contribution >= 4 is 17.5 Å². The summed E-state index contributed by atoms with van der Waals surface area (Å²) in [5.74, 6) is 2.65. The molecule has 0 aliphatic heterocycles. The maximum atomic E-state index is 13.6. The van der Waals surface area contributed by atoms with Gasteiger partial charge in [0.25, 0.3) is 0 Å². The first-order valence-electron chi connectivity index (χ1n) is 11.2. The topological polar surface area (TPSA) is 43.2 Å². The molecule has 7 heteroatoms. The number of rotatable bonds is 9. The molecule has 1 aliphatic rings. The zero-order valence-electron chi connectivity index (χ0n) is 19.1. The highest BCUT2D eigenvalue weighted by molar-refractivity contribution is 6.32. The van der Waals surface area contributed by atoms with E-state index < -0.39 is 0 Å². The first-order valence-corrected chi connectivity index (χ1v) is 11.6. The molecule has 170 valence electrons. The van der Waals surface area contributed by atoms with Gasteiger partial charge in [0.2, 0.25) is 5.95 Å². The van der Waals surface area contributed by atoms with Crippen molar-refractivity contribution in [1.82, 2.24) is 14.8 Å². The quantitative estimate of drug-likeness (QED) is 0.371. The van der Waals surface area contributed by atoms with E-state index in [2.05, 4.69) is 11.8 Å². The van der Waals surface area contributed by atoms with Crippen molar-refractivity contribution in [3.8, 4) is 11.4 Å². The third-order valence-electron chi connectivity index (χ3n) is 6.06. The Hall–Kier alpha value is -2.60. The molecule has 1 unspecified atom stereocenters. The van der Waals surface area contributed by atoms with Gasteiger partial charge < -0.3 is 9.64 Å². The molecule has 0 amide bonds. The molecule has 0 spiro atoms. The zero-order valence-corrected chi connectivity index (χ0v) is 19.9. The van der Waals surface area contributed by atoms with E-state index in [4.69, 9.17) is 26.4 Å². The number of hydrogen-bond acceptors (Lipinski definition) is 4. The number of methoxy groups -OCH3 is 1. The number of ether oxygens (including phenoxy) is 1. The van der Waals surface area contributed by atoms with Crippen molar-refractivity contribution in [2.45, 2.75) is 52.5 Å². The molecule has 0 bridgehead atoms. The van der Waals surface area contributed by atoms with Gasteiger partial charge in [-0.3, -0.25) is 0 Å². The smallest absolute Gasteiger partial charge is 0.245 e. The lowest BCUT2D eigenvalue weighted by molar-refractivity contribution is 0.411. The van der Waals surface area contributed by atoms with Gasteiger partial charge in [0.15, 0.2) is 0 Å². The van der Waals surface area contributed by atoms with Crippen LogP contribution in [0.3, 0.4) is 0 Å². The Morgan fingerprint density at radius 3 is 2.56 bits per heavy atom. The summed E-state index contributed by atoms with van der Waals surface area (Å²) in [7, 11) is 1.63. The summed E-state index contributed by atoms with van der Waals surface area (Å²) in [6.45, 7) is 6.88. The van der Waals surface area contributed by atoms with Crippen LogP contribution in [0.4, 0.5) is 10.3 Å². The summed E-state index contributed by atoms with van der Waals surface area (Å²) in [4.78, 5) is 7.09. The number of aromatic nitrogens is 3. The maximum Gasteiger partial charge on any atom is 0.245 e. The number of halogens is 2. The molecule has 32 heavy (non-hydrogen) atoms. The second-order valence-corrected chi connectivity index (χ2v) is 8.99. The Bertz CT molecular complexity index is 1080. The van der Waals surface area contributed by atoms with Crippen molar-refractivity contribution in [3.63, 3.8) is 0 Å². The average molecular weight is 457 g/mol. The molecule has 1 aromatic heterocycles. The van der Waals surface area contributed by atoms with Crippen LogP contribution in [-0.2, 0) is 0 Å². The van der Waals surface area contributed by atoms with Gasteiger partial charge in [0.05, 0.1) is 23.9 Å². The van der Waals surface area contributed by atoms with Crippen LogP contribution in [0.5, 0.6) is 5.75 Å². The molecule has 5 nitrogen and oxygen atoms in total. The van der Waals surface area contributed by atoms with Crippen molar-refractivity contribution < 1.29 is 9.13 Å². The Kier molecular flexibility index (Phi) is 6.70. The Morgan fingerprint density at radius 2 is 1.94 bits per heavy atom. The van der Waals surface area contributed by atoms with Crippen molar-refractivity contribution in [2.75, 3.05) is 18.6 Å². The fourth-order valence-electron chi connectivity index (χ4n) is 4.19. The van der Waals surface area contributed by atoms with Gasteiger partial charge in [-0.15, -0.1) is 5.10 Å². The number of hydrogen-bond donors (Lipinski definition) is 0. The van der Waals surface area contributed by atoms with Crippen LogP contribution in [-0.4, -0.2) is 28.4 Å². The van der Waals surface area contributed by atoms with Crippen LogP contribution in [0.1, 0.15) is 55.6 Å². The lowest BCUT2D eigenvalue weighted by atomic mass is 9.99. The lowest BCUT2D eigenvalue weighted by Gasteiger charge is -2.31. The minimum absolute atomic E-state index is 0.103. The molecular formula is C25H30ClFN4O. The first-order chi connectivity index (χ1) is 15.4. The zero-order chi connectivity index (χ0) is 22.8. The normalized spacial score (nSPS) is 14.4. The van der Waals surface area contributed by atoms with Crippen LogP contribution >= 0.6 is 11.6 Å². The van der Waals surface area contributed by atoms with E-state index in [1.165, 1.54) is 25.0 Å². The Morgan fingerprint density at radius 1 is 1.22 bits per heavy atom. The Balaban J connectivity index is 1.74. The van der Waals surface area contributed by atoms with Crippen molar-refractivity contribution in [2.24, 2.45) is 5.92 Å². The summed E-state index contributed by atoms with van der Waals surface area (Å²) in [6.07, 6.45) is 4.47. The number of benzene rings is 2. The molecule has 4 rings (SSSR count). The second-order valence-electron chi connectivity index (χ2n) is 8.58. The second kappa shape index (κ2) is 9.49. The first kappa shape index (κ1) is 22.6. The van der Waals surface area contributed by atoms with Gasteiger partial charge in [-0.2, -0.15) is 4.98 Å². The molecule has 1 saturated carbocycles. The van der Waals surface area contributed by atoms with E-state index >= 15 is 0 Å². The molecule has 1 fully saturated rings. The average Bonchev–Trinajstić information content (AvgIpc) is 3.52. The van der Waals surface area contributed by atoms with E-state index in [1.807, 2.05) is 38.1 Å². The highest BCUT2D eigenvalue weighted by Gasteiger charge is 2.31. The van der Waals surface area contributed by atoms with Crippen LogP contribution in [0, 0.1) is 25.6 Å². The van der Waals surface area contributed by atoms with Gasteiger partial charge in [-0.1, -0.05) is 43.5 Å². The van der Waals surface area contributed by atoms with Crippen LogP contribution in [0.15, 0.2) is 36.4 Å². The van der Waals surface area contributed by atoms with Crippen LogP contribution < -0.4 is 9.64 Å². The summed E-state index contributed by atoms with van der Waals surface area (Å²) in [6, 6.07) is 10.7. The molecule has 2 aromatic carbocycles. The van der Waals surface area contributed by atoms with Gasteiger partial charge in [-0.25, -0.2) is 9.07 Å². The van der Waals surface area contributed by atoms with Crippen molar-refractivity contribution in [3.05, 3.63) is 64.2 Å². The lowest BCUT2D eigenvalue weighted by Crippen LogP contribution is -2.31. The molecule has 1 aliphatic carbocycles. The van der Waals surface area contributed by atoms with Crippen LogP contribution in [0.2, 0.25) is 5.02 Å². The van der Waals surface area contributed by atoms with E-state index in [0.29, 0.717) is 16.9 Å². The predicted molar refractivity (Wildman–Crippen MR) is 127 cm³/mol. The summed E-state index contributed by atoms with van der Waals surface area (Å²) < 4.78 is 20.8. The highest BCUT2D eigenvalue weighted by Crippen LogP contribution is 2.41. The largest absolute Gasteiger partial charge is 0.496 e.